The maximum absolute atomic E-state index is 6.97. The predicted octanol–water partition coefficient (Wildman–Crippen LogP) is 7.70. The van der Waals surface area contributed by atoms with E-state index in [2.05, 4.69) is 108 Å². The lowest BCUT2D eigenvalue weighted by molar-refractivity contribution is -0.0680. The Balaban J connectivity index is 3.23. The van der Waals surface area contributed by atoms with Crippen LogP contribution in [0.1, 0.15) is 62.3 Å². The quantitative estimate of drug-likeness (QED) is 0.344. The molecule has 0 saturated heterocycles. The molecule has 184 valence electrons. The molecule has 0 aromatic heterocycles. The Kier molecular flexibility index (Phi) is 8.80. The summed E-state index contributed by atoms with van der Waals surface area (Å²) in [4.78, 5) is 0. The van der Waals surface area contributed by atoms with Gasteiger partial charge in [-0.1, -0.05) is 62.3 Å². The van der Waals surface area contributed by atoms with Gasteiger partial charge in [-0.2, -0.15) is 0 Å². The molecule has 7 heteroatoms. The van der Waals surface area contributed by atoms with Crippen LogP contribution in [-0.2, 0) is 18.0 Å². The minimum absolute atomic E-state index is 0.112. The molecule has 0 amide bonds. The van der Waals surface area contributed by atoms with Gasteiger partial charge in [0, 0.05) is 0 Å². The van der Waals surface area contributed by atoms with E-state index in [1.54, 1.807) is 0 Å². The van der Waals surface area contributed by atoms with Gasteiger partial charge < -0.3 is 18.0 Å². The van der Waals surface area contributed by atoms with Crippen LogP contribution in [0.4, 0.5) is 0 Å². The van der Waals surface area contributed by atoms with Crippen molar-refractivity contribution in [3.63, 3.8) is 0 Å². The first-order valence-electron chi connectivity index (χ1n) is 11.8. The lowest BCUT2D eigenvalue weighted by atomic mass is 10.1. The van der Waals surface area contributed by atoms with Gasteiger partial charge in [0.05, 0.1) is 19.0 Å². The van der Waals surface area contributed by atoms with E-state index in [0.717, 1.165) is 0 Å². The maximum Gasteiger partial charge on any atom is 0.193 e. The zero-order valence-corrected chi connectivity index (χ0v) is 26.2. The maximum atomic E-state index is 6.97. The molecule has 1 aliphatic heterocycles. The molecular weight excluding hydrogens is 437 g/mol. The van der Waals surface area contributed by atoms with Crippen molar-refractivity contribution in [3.8, 4) is 0 Å². The molecule has 0 saturated carbocycles. The van der Waals surface area contributed by atoms with Crippen molar-refractivity contribution in [2.24, 2.45) is 0 Å². The Morgan fingerprint density at radius 3 is 1.52 bits per heavy atom. The largest absolute Gasteiger partial charge is 0.493 e. The van der Waals surface area contributed by atoms with Crippen molar-refractivity contribution < 1.29 is 18.0 Å². The molecule has 4 nitrogen and oxygen atoms in total. The number of ether oxygens (including phenoxy) is 1. The summed E-state index contributed by atoms with van der Waals surface area (Å²) in [6.07, 6.45) is 3.42. The molecule has 1 rings (SSSR count). The van der Waals surface area contributed by atoms with Gasteiger partial charge in [-0.15, -0.1) is 0 Å². The monoisotopic (exact) mass is 488 g/mol. The van der Waals surface area contributed by atoms with Crippen LogP contribution < -0.4 is 0 Å². The van der Waals surface area contributed by atoms with E-state index in [1.165, 1.54) is 0 Å². The Labute approximate surface area is 196 Å². The Morgan fingerprint density at radius 1 is 0.677 bits per heavy atom. The second kappa shape index (κ2) is 9.37. The molecule has 1 aliphatic rings. The first kappa shape index (κ1) is 29.1. The molecule has 1 heterocycles. The average molecular weight is 489 g/mol. The smallest absolute Gasteiger partial charge is 0.193 e. The molecule has 0 fully saturated rings. The van der Waals surface area contributed by atoms with E-state index < -0.39 is 25.0 Å². The van der Waals surface area contributed by atoms with Crippen LogP contribution in [0.25, 0.3) is 0 Å². The fourth-order valence-electron chi connectivity index (χ4n) is 2.55. The lowest BCUT2D eigenvalue weighted by Crippen LogP contribution is -2.57. The third-order valence-electron chi connectivity index (χ3n) is 8.10. The van der Waals surface area contributed by atoms with Crippen LogP contribution in [0, 0.1) is 0 Å². The zero-order valence-electron chi connectivity index (χ0n) is 23.2. The van der Waals surface area contributed by atoms with Crippen LogP contribution >= 0.6 is 0 Å². The summed E-state index contributed by atoms with van der Waals surface area (Å²) >= 11 is 0. The minimum Gasteiger partial charge on any atom is -0.493 e. The lowest BCUT2D eigenvalue weighted by Gasteiger charge is -2.47. The van der Waals surface area contributed by atoms with Crippen molar-refractivity contribution in [2.45, 2.75) is 135 Å². The number of rotatable bonds is 7. The first-order valence-corrected chi connectivity index (χ1v) is 20.6. The average Bonchev–Trinajstić information content (AvgIpc) is 2.51. The molecule has 31 heavy (non-hydrogen) atoms. The number of hydrogen-bond donors (Lipinski definition) is 0. The van der Waals surface area contributed by atoms with Gasteiger partial charge in [0.1, 0.15) is 12.2 Å². The topological polar surface area (TPSA) is 36.9 Å². The predicted molar refractivity (Wildman–Crippen MR) is 141 cm³/mol. The summed E-state index contributed by atoms with van der Waals surface area (Å²) in [6, 6.07) is 0. The zero-order chi connectivity index (χ0) is 24.7. The third kappa shape index (κ3) is 7.27. The minimum atomic E-state index is -2.03. The molecule has 0 aliphatic carbocycles. The standard InChI is InChI=1S/C24H52O4Si3/c1-22(2,3)29(10,11)26-18-20-21(28-31(14,15)24(7,8)9)19(16-17-25-20)27-30(12,13)23(4,5)6/h16-17,19-21H,18H2,1-15H3/t19-,20-,21+/m1/s1. The Morgan fingerprint density at radius 2 is 1.10 bits per heavy atom. The van der Waals surface area contributed by atoms with Crippen LogP contribution in [-0.4, -0.2) is 49.9 Å². The molecule has 0 spiro atoms. The summed E-state index contributed by atoms with van der Waals surface area (Å²) in [7, 11) is -5.90. The third-order valence-corrected chi connectivity index (χ3v) is 21.5. The highest BCUT2D eigenvalue weighted by molar-refractivity contribution is 6.75. The van der Waals surface area contributed by atoms with Gasteiger partial charge in [-0.3, -0.25) is 0 Å². The molecular formula is C24H52O4Si3. The van der Waals surface area contributed by atoms with Crippen molar-refractivity contribution in [1.29, 1.82) is 0 Å². The fourth-order valence-corrected chi connectivity index (χ4v) is 6.13. The van der Waals surface area contributed by atoms with Gasteiger partial charge in [0.15, 0.2) is 25.0 Å². The molecule has 0 N–H and O–H groups in total. The normalized spacial score (nSPS) is 24.3. The van der Waals surface area contributed by atoms with Crippen molar-refractivity contribution in [2.75, 3.05) is 6.61 Å². The van der Waals surface area contributed by atoms with Gasteiger partial charge in [-0.05, 0) is 60.5 Å². The highest BCUT2D eigenvalue weighted by Gasteiger charge is 2.48. The first-order chi connectivity index (χ1) is 13.5. The summed E-state index contributed by atoms with van der Waals surface area (Å²) < 4.78 is 26.6. The van der Waals surface area contributed by atoms with Crippen LogP contribution in [0.3, 0.4) is 0 Å². The van der Waals surface area contributed by atoms with E-state index in [9.17, 15) is 0 Å². The van der Waals surface area contributed by atoms with Crippen LogP contribution in [0.2, 0.25) is 54.4 Å². The van der Waals surface area contributed by atoms with Crippen LogP contribution in [0.5, 0.6) is 0 Å². The van der Waals surface area contributed by atoms with Crippen molar-refractivity contribution in [1.82, 2.24) is 0 Å². The van der Waals surface area contributed by atoms with Gasteiger partial charge >= 0.3 is 0 Å². The molecule has 0 radical (unpaired) electrons. The van der Waals surface area contributed by atoms with E-state index in [-0.39, 0.29) is 33.4 Å². The Bertz CT molecular complexity index is 622. The van der Waals surface area contributed by atoms with E-state index >= 15 is 0 Å². The summed E-state index contributed by atoms with van der Waals surface area (Å²) in [5, 5.41) is 0.401. The van der Waals surface area contributed by atoms with E-state index in [0.29, 0.717) is 6.61 Å². The summed E-state index contributed by atoms with van der Waals surface area (Å²) in [6.45, 7) is 34.8. The highest BCUT2D eigenvalue weighted by Crippen LogP contribution is 2.42. The molecule has 0 bridgehead atoms. The number of hydrogen-bond acceptors (Lipinski definition) is 4. The van der Waals surface area contributed by atoms with Gasteiger partial charge in [0.2, 0.25) is 0 Å². The van der Waals surface area contributed by atoms with Crippen molar-refractivity contribution >= 4 is 25.0 Å². The summed E-state index contributed by atoms with van der Waals surface area (Å²) in [5.74, 6) is 0. The SMILES string of the molecule is CC(C)(C)[Si](C)(C)OC[C@H]1OC=C[C@@H](O[Si](C)(C)C(C)(C)C)[C@@H]1O[Si](C)(C)C(C)(C)C. The second-order valence-corrected chi connectivity index (χ2v) is 28.1. The molecule has 0 aromatic carbocycles. The fraction of sp³-hybridized carbons (Fsp3) is 0.917. The van der Waals surface area contributed by atoms with Gasteiger partial charge in [0.25, 0.3) is 0 Å². The Hall–Kier alpha value is 0.0706. The molecule has 0 unspecified atom stereocenters. The van der Waals surface area contributed by atoms with Crippen molar-refractivity contribution in [3.05, 3.63) is 12.3 Å². The second-order valence-electron chi connectivity index (χ2n) is 13.8. The summed E-state index contributed by atoms with van der Waals surface area (Å²) in [5.41, 5.74) is 0. The van der Waals surface area contributed by atoms with E-state index in [4.69, 9.17) is 18.0 Å². The van der Waals surface area contributed by atoms with Gasteiger partial charge in [-0.25, -0.2) is 0 Å². The van der Waals surface area contributed by atoms with Crippen LogP contribution in [0.15, 0.2) is 12.3 Å². The molecule has 0 aromatic rings. The molecule has 3 atom stereocenters. The highest BCUT2D eigenvalue weighted by atomic mass is 28.4. The van der Waals surface area contributed by atoms with E-state index in [1.807, 2.05) is 6.26 Å².